The minimum absolute atomic E-state index is 0.152. The van der Waals surface area contributed by atoms with Gasteiger partial charge < -0.3 is 9.64 Å². The molecule has 1 aliphatic carbocycles. The molecule has 2 aliphatic rings. The molecule has 1 saturated heterocycles. The predicted molar refractivity (Wildman–Crippen MR) is 106 cm³/mol. The number of benzene rings is 2. The molecule has 3 nitrogen and oxygen atoms in total. The second kappa shape index (κ2) is 7.43. The van der Waals surface area contributed by atoms with Crippen molar-refractivity contribution >= 4 is 21.8 Å². The molecule has 4 rings (SSSR count). The molecule has 1 amide bonds. The maximum Gasteiger partial charge on any atom is 0.226 e. The maximum absolute atomic E-state index is 13.1. The summed E-state index contributed by atoms with van der Waals surface area (Å²) < 4.78 is 6.62. The zero-order valence-corrected chi connectivity index (χ0v) is 16.6. The molecule has 3 unspecified atom stereocenters. The summed E-state index contributed by atoms with van der Waals surface area (Å²) in [5.74, 6) is 1.76. The molecule has 1 saturated carbocycles. The lowest BCUT2D eigenvalue weighted by molar-refractivity contribution is -0.133. The Morgan fingerprint density at radius 3 is 2.50 bits per heavy atom. The van der Waals surface area contributed by atoms with E-state index in [0.717, 1.165) is 36.0 Å². The highest BCUT2D eigenvalue weighted by molar-refractivity contribution is 9.10. The van der Waals surface area contributed by atoms with Crippen LogP contribution in [0, 0.1) is 5.92 Å². The predicted octanol–water partition coefficient (Wildman–Crippen LogP) is 5.32. The molecule has 0 radical (unpaired) electrons. The second-order valence-corrected chi connectivity index (χ2v) is 8.11. The lowest BCUT2D eigenvalue weighted by Gasteiger charge is -2.25. The lowest BCUT2D eigenvalue weighted by Crippen LogP contribution is -2.32. The van der Waals surface area contributed by atoms with Crippen molar-refractivity contribution in [2.45, 2.75) is 38.1 Å². The standard InChI is InChI=1S/C22H24BrNO2/c1-2-26-18-11-7-16(8-12-18)21-4-3-13-24(21)22(25)20-14-19(20)15-5-9-17(23)10-6-15/h5-12,19-21H,2-4,13-14H2,1H3. The van der Waals surface area contributed by atoms with Gasteiger partial charge in [-0.05, 0) is 67.5 Å². The largest absolute Gasteiger partial charge is 0.494 e. The first-order valence-electron chi connectivity index (χ1n) is 9.46. The first kappa shape index (κ1) is 17.6. The summed E-state index contributed by atoms with van der Waals surface area (Å²) in [5.41, 5.74) is 2.50. The first-order valence-corrected chi connectivity index (χ1v) is 10.3. The van der Waals surface area contributed by atoms with Crippen molar-refractivity contribution < 1.29 is 9.53 Å². The van der Waals surface area contributed by atoms with Crippen LogP contribution in [0.15, 0.2) is 53.0 Å². The van der Waals surface area contributed by atoms with Crippen LogP contribution in [0.5, 0.6) is 5.75 Å². The zero-order valence-electron chi connectivity index (χ0n) is 15.0. The highest BCUT2D eigenvalue weighted by atomic mass is 79.9. The number of likely N-dealkylation sites (tertiary alicyclic amines) is 1. The Bertz CT molecular complexity index is 772. The van der Waals surface area contributed by atoms with Gasteiger partial charge in [0.25, 0.3) is 0 Å². The average Bonchev–Trinajstić information content (AvgIpc) is 3.30. The van der Waals surface area contributed by atoms with Gasteiger partial charge in [0, 0.05) is 16.9 Å². The van der Waals surface area contributed by atoms with Gasteiger partial charge in [-0.2, -0.15) is 0 Å². The van der Waals surface area contributed by atoms with Crippen LogP contribution in [0.3, 0.4) is 0 Å². The number of amides is 1. The van der Waals surface area contributed by atoms with Crippen LogP contribution in [-0.2, 0) is 4.79 Å². The highest BCUT2D eigenvalue weighted by Gasteiger charge is 2.47. The molecule has 3 atom stereocenters. The number of carbonyl (C=O) groups is 1. The van der Waals surface area contributed by atoms with E-state index in [2.05, 4.69) is 57.2 Å². The van der Waals surface area contributed by atoms with Crippen molar-refractivity contribution in [3.05, 3.63) is 64.1 Å². The van der Waals surface area contributed by atoms with E-state index in [0.29, 0.717) is 18.4 Å². The normalized spacial score (nSPS) is 24.5. The number of carbonyl (C=O) groups excluding carboxylic acids is 1. The molecule has 0 spiro atoms. The third kappa shape index (κ3) is 3.52. The van der Waals surface area contributed by atoms with Gasteiger partial charge in [-0.3, -0.25) is 4.79 Å². The summed E-state index contributed by atoms with van der Waals surface area (Å²) in [7, 11) is 0. The SMILES string of the molecule is CCOc1ccc(C2CCCN2C(=O)C2CC2c2ccc(Br)cc2)cc1. The summed E-state index contributed by atoms with van der Waals surface area (Å²) in [4.78, 5) is 15.2. The minimum atomic E-state index is 0.152. The van der Waals surface area contributed by atoms with Crippen LogP contribution >= 0.6 is 15.9 Å². The first-order chi connectivity index (χ1) is 12.7. The van der Waals surface area contributed by atoms with Crippen molar-refractivity contribution in [3.8, 4) is 5.75 Å². The molecule has 1 aliphatic heterocycles. The molecule has 26 heavy (non-hydrogen) atoms. The summed E-state index contributed by atoms with van der Waals surface area (Å²) in [6, 6.07) is 16.9. The molecule has 4 heteroatoms. The smallest absolute Gasteiger partial charge is 0.226 e. The quantitative estimate of drug-likeness (QED) is 0.663. The third-order valence-corrected chi connectivity index (χ3v) is 6.05. The fourth-order valence-corrected chi connectivity index (χ4v) is 4.35. The summed E-state index contributed by atoms with van der Waals surface area (Å²) in [6.45, 7) is 3.54. The minimum Gasteiger partial charge on any atom is -0.494 e. The Balaban J connectivity index is 1.45. The van der Waals surface area contributed by atoms with Crippen molar-refractivity contribution in [1.29, 1.82) is 0 Å². The molecule has 136 valence electrons. The van der Waals surface area contributed by atoms with Crippen molar-refractivity contribution in [2.24, 2.45) is 5.92 Å². The fraction of sp³-hybridized carbons (Fsp3) is 0.409. The van der Waals surface area contributed by atoms with E-state index < -0.39 is 0 Å². The van der Waals surface area contributed by atoms with Gasteiger partial charge in [-0.25, -0.2) is 0 Å². The van der Waals surface area contributed by atoms with E-state index >= 15 is 0 Å². The molecule has 2 fully saturated rings. The number of nitrogens with zero attached hydrogens (tertiary/aromatic N) is 1. The highest BCUT2D eigenvalue weighted by Crippen LogP contribution is 2.50. The average molecular weight is 414 g/mol. The van der Waals surface area contributed by atoms with Gasteiger partial charge in [0.05, 0.1) is 12.6 Å². The van der Waals surface area contributed by atoms with Gasteiger partial charge >= 0.3 is 0 Å². The number of rotatable bonds is 5. The number of hydrogen-bond acceptors (Lipinski definition) is 2. The Hall–Kier alpha value is -1.81. The maximum atomic E-state index is 13.1. The van der Waals surface area contributed by atoms with Gasteiger partial charge in [0.2, 0.25) is 5.91 Å². The number of hydrogen-bond donors (Lipinski definition) is 0. The molecule has 0 bridgehead atoms. The molecule has 0 aromatic heterocycles. The molecule has 2 aromatic rings. The van der Waals surface area contributed by atoms with Crippen LogP contribution in [0.2, 0.25) is 0 Å². The summed E-state index contributed by atoms with van der Waals surface area (Å²) in [5, 5.41) is 0. The second-order valence-electron chi connectivity index (χ2n) is 7.19. The lowest BCUT2D eigenvalue weighted by atomic mass is 10.0. The third-order valence-electron chi connectivity index (χ3n) is 5.52. The van der Waals surface area contributed by atoms with Crippen molar-refractivity contribution in [2.75, 3.05) is 13.2 Å². The van der Waals surface area contributed by atoms with Gasteiger partial charge in [0.1, 0.15) is 5.75 Å². The molecule has 0 N–H and O–H groups in total. The van der Waals surface area contributed by atoms with E-state index in [1.54, 1.807) is 0 Å². The molecule has 2 aromatic carbocycles. The van der Waals surface area contributed by atoms with Gasteiger partial charge in [-0.1, -0.05) is 40.2 Å². The monoisotopic (exact) mass is 413 g/mol. The van der Waals surface area contributed by atoms with Crippen LogP contribution in [0.1, 0.15) is 49.3 Å². The Morgan fingerprint density at radius 1 is 1.12 bits per heavy atom. The zero-order chi connectivity index (χ0) is 18.1. The van der Waals surface area contributed by atoms with Gasteiger partial charge in [0.15, 0.2) is 0 Å². The van der Waals surface area contributed by atoms with Crippen LogP contribution < -0.4 is 4.74 Å². The van der Waals surface area contributed by atoms with Gasteiger partial charge in [-0.15, -0.1) is 0 Å². The van der Waals surface area contributed by atoms with Crippen LogP contribution in [0.4, 0.5) is 0 Å². The van der Waals surface area contributed by atoms with Crippen LogP contribution in [-0.4, -0.2) is 24.0 Å². The van der Waals surface area contributed by atoms with Crippen molar-refractivity contribution in [1.82, 2.24) is 4.90 Å². The Kier molecular flexibility index (Phi) is 5.03. The Labute approximate surface area is 163 Å². The summed E-state index contributed by atoms with van der Waals surface area (Å²) in [6.07, 6.45) is 3.11. The van der Waals surface area contributed by atoms with E-state index in [1.165, 1.54) is 11.1 Å². The van der Waals surface area contributed by atoms with E-state index in [4.69, 9.17) is 4.74 Å². The molecular weight excluding hydrogens is 390 g/mol. The topological polar surface area (TPSA) is 29.5 Å². The molecule has 1 heterocycles. The number of halogens is 1. The number of ether oxygens (including phenoxy) is 1. The van der Waals surface area contributed by atoms with E-state index in [9.17, 15) is 4.79 Å². The van der Waals surface area contributed by atoms with Crippen molar-refractivity contribution in [3.63, 3.8) is 0 Å². The fourth-order valence-electron chi connectivity index (χ4n) is 4.09. The molecular formula is C22H24BrNO2. The van der Waals surface area contributed by atoms with E-state index in [-0.39, 0.29) is 12.0 Å². The van der Waals surface area contributed by atoms with Crippen LogP contribution in [0.25, 0.3) is 0 Å². The summed E-state index contributed by atoms with van der Waals surface area (Å²) >= 11 is 3.48. The van der Waals surface area contributed by atoms with E-state index in [1.807, 2.05) is 19.1 Å². The Morgan fingerprint density at radius 2 is 1.81 bits per heavy atom.